The van der Waals surface area contributed by atoms with Gasteiger partial charge in [-0.2, -0.15) is 0 Å². The molecule has 4 nitrogen and oxygen atoms in total. The van der Waals surface area contributed by atoms with Gasteiger partial charge in [0.25, 0.3) is 0 Å². The van der Waals surface area contributed by atoms with Crippen molar-refractivity contribution >= 4 is 23.1 Å². The summed E-state index contributed by atoms with van der Waals surface area (Å²) in [5.74, 6) is 1.03. The maximum Gasteiger partial charge on any atom is 0.174 e. The number of aromatic nitrogens is 2. The zero-order valence-corrected chi connectivity index (χ0v) is 12.1. The molecule has 0 aliphatic carbocycles. The van der Waals surface area contributed by atoms with E-state index in [1.54, 1.807) is 28.6 Å². The minimum absolute atomic E-state index is 0.101. The number of nitrogens with zero attached hydrogens (tertiary/aromatic N) is 2. The van der Waals surface area contributed by atoms with Gasteiger partial charge in [0.2, 0.25) is 0 Å². The molecule has 17 heavy (non-hydrogen) atoms. The van der Waals surface area contributed by atoms with Crippen molar-refractivity contribution in [1.82, 2.24) is 15.5 Å². The molecule has 0 aliphatic heterocycles. The van der Waals surface area contributed by atoms with Crippen molar-refractivity contribution in [1.29, 1.82) is 0 Å². The molecule has 6 heteroatoms. The van der Waals surface area contributed by atoms with Gasteiger partial charge >= 0.3 is 0 Å². The molecule has 0 aliphatic rings. The molecule has 0 spiro atoms. The number of rotatable bonds is 9. The summed E-state index contributed by atoms with van der Waals surface area (Å²) in [4.78, 5) is 0. The number of aliphatic hydroxyl groups excluding tert-OH is 1. The fourth-order valence-corrected chi connectivity index (χ4v) is 3.31. The molecule has 1 aromatic heterocycles. The third kappa shape index (κ3) is 4.91. The first kappa shape index (κ1) is 14.9. The van der Waals surface area contributed by atoms with E-state index in [0.29, 0.717) is 0 Å². The van der Waals surface area contributed by atoms with Crippen LogP contribution in [0.2, 0.25) is 0 Å². The van der Waals surface area contributed by atoms with E-state index in [1.165, 1.54) is 0 Å². The maximum atomic E-state index is 9.50. The SMILES string of the molecule is CCNC(CC)(CO)CCCSc1nncs1. The van der Waals surface area contributed by atoms with Gasteiger partial charge in [0, 0.05) is 11.3 Å². The Kier molecular flexibility index (Phi) is 7.03. The molecule has 98 valence electrons. The van der Waals surface area contributed by atoms with Crippen LogP contribution in [0.4, 0.5) is 0 Å². The van der Waals surface area contributed by atoms with E-state index in [4.69, 9.17) is 0 Å². The number of nitrogens with one attached hydrogen (secondary N) is 1. The zero-order valence-electron chi connectivity index (χ0n) is 10.5. The van der Waals surface area contributed by atoms with Crippen LogP contribution in [0.5, 0.6) is 0 Å². The van der Waals surface area contributed by atoms with E-state index in [2.05, 4.69) is 29.4 Å². The van der Waals surface area contributed by atoms with Crippen LogP contribution >= 0.6 is 23.1 Å². The second-order valence-corrected chi connectivity index (χ2v) is 6.15. The lowest BCUT2D eigenvalue weighted by molar-refractivity contribution is 0.148. The Labute approximate surface area is 111 Å². The highest BCUT2D eigenvalue weighted by Crippen LogP contribution is 2.23. The average Bonchev–Trinajstić information content (AvgIpc) is 2.86. The van der Waals surface area contributed by atoms with E-state index in [0.717, 1.165) is 35.9 Å². The Morgan fingerprint density at radius 2 is 2.35 bits per heavy atom. The van der Waals surface area contributed by atoms with Gasteiger partial charge in [0.1, 0.15) is 5.51 Å². The van der Waals surface area contributed by atoms with E-state index in [-0.39, 0.29) is 12.1 Å². The highest BCUT2D eigenvalue weighted by Gasteiger charge is 2.25. The van der Waals surface area contributed by atoms with Crippen LogP contribution in [0.25, 0.3) is 0 Å². The quantitative estimate of drug-likeness (QED) is 0.534. The van der Waals surface area contributed by atoms with Crippen molar-refractivity contribution in [2.75, 3.05) is 18.9 Å². The van der Waals surface area contributed by atoms with E-state index < -0.39 is 0 Å². The van der Waals surface area contributed by atoms with Crippen LogP contribution in [0, 0.1) is 0 Å². The van der Waals surface area contributed by atoms with Crippen LogP contribution < -0.4 is 5.32 Å². The lowest BCUT2D eigenvalue weighted by Crippen LogP contribution is -2.48. The Balaban J connectivity index is 2.27. The summed E-state index contributed by atoms with van der Waals surface area (Å²) in [7, 11) is 0. The maximum absolute atomic E-state index is 9.50. The lowest BCUT2D eigenvalue weighted by Gasteiger charge is -2.31. The summed E-state index contributed by atoms with van der Waals surface area (Å²) in [5.41, 5.74) is 1.65. The van der Waals surface area contributed by atoms with Crippen molar-refractivity contribution < 1.29 is 5.11 Å². The molecular weight excluding hydrogens is 254 g/mol. The lowest BCUT2D eigenvalue weighted by atomic mass is 9.91. The highest BCUT2D eigenvalue weighted by atomic mass is 32.2. The Morgan fingerprint density at radius 1 is 1.53 bits per heavy atom. The Morgan fingerprint density at radius 3 is 2.88 bits per heavy atom. The molecule has 0 saturated carbocycles. The van der Waals surface area contributed by atoms with Crippen LogP contribution in [-0.2, 0) is 0 Å². The third-order valence-corrected chi connectivity index (χ3v) is 4.84. The summed E-state index contributed by atoms with van der Waals surface area (Å²) < 4.78 is 1.03. The monoisotopic (exact) mass is 275 g/mol. The first-order valence-corrected chi connectivity index (χ1v) is 7.87. The van der Waals surface area contributed by atoms with Gasteiger partial charge < -0.3 is 10.4 Å². The summed E-state index contributed by atoms with van der Waals surface area (Å²) in [6.07, 6.45) is 3.03. The zero-order chi connectivity index (χ0) is 12.6. The summed E-state index contributed by atoms with van der Waals surface area (Å²) in [5, 5.41) is 20.7. The van der Waals surface area contributed by atoms with Crippen LogP contribution in [0.1, 0.15) is 33.1 Å². The van der Waals surface area contributed by atoms with E-state index in [9.17, 15) is 5.11 Å². The second-order valence-electron chi connectivity index (χ2n) is 3.98. The van der Waals surface area contributed by atoms with Gasteiger partial charge in [-0.1, -0.05) is 36.9 Å². The molecule has 1 unspecified atom stereocenters. The molecule has 1 heterocycles. The Hall–Kier alpha value is -0.170. The molecule has 1 atom stereocenters. The van der Waals surface area contributed by atoms with Gasteiger partial charge in [-0.25, -0.2) is 0 Å². The van der Waals surface area contributed by atoms with Crippen LogP contribution in [-0.4, -0.2) is 39.7 Å². The van der Waals surface area contributed by atoms with Crippen LogP contribution in [0.15, 0.2) is 9.85 Å². The smallest absolute Gasteiger partial charge is 0.174 e. The van der Waals surface area contributed by atoms with Gasteiger partial charge in [0.15, 0.2) is 4.34 Å². The molecular formula is C11H21N3OS2. The van der Waals surface area contributed by atoms with Crippen molar-refractivity contribution in [3.63, 3.8) is 0 Å². The molecule has 0 saturated heterocycles. The number of likely N-dealkylation sites (N-methyl/N-ethyl adjacent to an activating group) is 1. The molecule has 0 fully saturated rings. The van der Waals surface area contributed by atoms with Crippen molar-refractivity contribution in [2.24, 2.45) is 0 Å². The summed E-state index contributed by atoms with van der Waals surface area (Å²) >= 11 is 3.32. The number of hydrogen-bond donors (Lipinski definition) is 2. The first-order chi connectivity index (χ1) is 8.26. The van der Waals surface area contributed by atoms with Crippen molar-refractivity contribution in [2.45, 2.75) is 43.0 Å². The minimum atomic E-state index is -0.101. The van der Waals surface area contributed by atoms with Gasteiger partial charge in [-0.05, 0) is 25.8 Å². The highest BCUT2D eigenvalue weighted by molar-refractivity contribution is 8.00. The standard InChI is InChI=1S/C11H21N3OS2/c1-3-11(8-15,12-4-2)6-5-7-16-10-14-13-9-17-10/h9,12,15H,3-8H2,1-2H3. The second kappa shape index (κ2) is 8.02. The predicted molar refractivity (Wildman–Crippen MR) is 73.7 cm³/mol. The molecule has 1 aromatic rings. The fraction of sp³-hybridized carbons (Fsp3) is 0.818. The normalized spacial score (nSPS) is 14.8. The number of aliphatic hydroxyl groups is 1. The van der Waals surface area contributed by atoms with Crippen molar-refractivity contribution in [3.8, 4) is 0 Å². The van der Waals surface area contributed by atoms with Gasteiger partial charge in [-0.15, -0.1) is 10.2 Å². The van der Waals surface area contributed by atoms with Gasteiger partial charge in [-0.3, -0.25) is 0 Å². The largest absolute Gasteiger partial charge is 0.394 e. The minimum Gasteiger partial charge on any atom is -0.394 e. The van der Waals surface area contributed by atoms with E-state index >= 15 is 0 Å². The molecule has 0 aromatic carbocycles. The third-order valence-electron chi connectivity index (χ3n) is 2.90. The van der Waals surface area contributed by atoms with Crippen molar-refractivity contribution in [3.05, 3.63) is 5.51 Å². The Bertz CT molecular complexity index is 289. The fourth-order valence-electron chi connectivity index (χ4n) is 1.81. The number of thioether (sulfide) groups is 1. The summed E-state index contributed by atoms with van der Waals surface area (Å²) in [6, 6.07) is 0. The first-order valence-electron chi connectivity index (χ1n) is 6.01. The average molecular weight is 275 g/mol. The molecule has 0 bridgehead atoms. The topological polar surface area (TPSA) is 58.0 Å². The van der Waals surface area contributed by atoms with E-state index in [1.807, 2.05) is 0 Å². The van der Waals surface area contributed by atoms with Crippen LogP contribution in [0.3, 0.4) is 0 Å². The molecule has 0 amide bonds. The van der Waals surface area contributed by atoms with Gasteiger partial charge in [0.05, 0.1) is 6.61 Å². The predicted octanol–water partition coefficient (Wildman–Crippen LogP) is 2.16. The number of hydrogen-bond acceptors (Lipinski definition) is 6. The molecule has 2 N–H and O–H groups in total. The molecule has 0 radical (unpaired) electrons. The molecule has 1 rings (SSSR count). The summed E-state index contributed by atoms with van der Waals surface area (Å²) in [6.45, 7) is 5.31.